The second-order valence-electron chi connectivity index (χ2n) is 17.8. The molecule has 0 bridgehead atoms. The molecule has 0 fully saturated rings. The molecule has 2 nitrogen and oxygen atoms in total. The lowest BCUT2D eigenvalue weighted by Crippen LogP contribution is -2.37. The van der Waals surface area contributed by atoms with Gasteiger partial charge in [-0.2, -0.15) is 0 Å². The van der Waals surface area contributed by atoms with Crippen molar-refractivity contribution in [2.24, 2.45) is 11.8 Å². The van der Waals surface area contributed by atoms with Crippen LogP contribution in [-0.4, -0.2) is 10.6 Å². The maximum Gasteiger partial charge on any atom is 0.0630 e. The highest BCUT2D eigenvalue weighted by Gasteiger charge is 2.41. The molecule has 5 aromatic carbocycles. The highest BCUT2D eigenvalue weighted by molar-refractivity contribution is 7.19. The van der Waals surface area contributed by atoms with Crippen LogP contribution in [0.25, 0.3) is 61.1 Å². The first kappa shape index (κ1) is 36.0. The molecule has 1 aliphatic heterocycles. The van der Waals surface area contributed by atoms with Crippen LogP contribution in [0.15, 0.2) is 188 Å². The molecule has 6 aliphatic rings. The third-order valence-corrected chi connectivity index (χ3v) is 15.8. The van der Waals surface area contributed by atoms with E-state index in [1.165, 1.54) is 98.7 Å². The van der Waals surface area contributed by atoms with Gasteiger partial charge in [-0.05, 0) is 106 Å². The number of nitrogens with zero attached hydrogens (tertiary/aromatic N) is 2. The highest BCUT2D eigenvalue weighted by atomic mass is 32.1. The minimum absolute atomic E-state index is 0.234. The molecule has 5 aliphatic carbocycles. The molecule has 13 rings (SSSR count). The smallest absolute Gasteiger partial charge is 0.0630 e. The van der Waals surface area contributed by atoms with Crippen LogP contribution < -0.4 is 4.90 Å². The summed E-state index contributed by atoms with van der Waals surface area (Å²) in [7, 11) is 0. The number of anilines is 1. The first-order valence-corrected chi connectivity index (χ1v) is 23.3. The quantitative estimate of drug-likeness (QED) is 0.168. The molecule has 298 valence electrons. The van der Waals surface area contributed by atoms with Crippen LogP contribution in [-0.2, 0) is 6.42 Å². The summed E-state index contributed by atoms with van der Waals surface area (Å²) >= 11 is 1.99. The summed E-state index contributed by atoms with van der Waals surface area (Å²) < 4.78 is 3.95. The Morgan fingerprint density at radius 1 is 0.613 bits per heavy atom. The standard InChI is InChI=1S/C59H46N2S/c1-37-43(31-32-51-47-18-5-8-24-53(47)60(59(37)51)42-17-11-16-39(34-42)38-14-3-2-4-15-38)40-29-33-56-52(35-40)48-19-6-9-25-54(48)61(56)55-26-13-22-45-44(21-12-23-46(45)55)41-28-30-50-49-20-7-10-27-57(49)62-58(50)36-41/h2-9,11-24,26,28-37,43,45-46,54H,10,25,27H2,1H3/t37?,43?,45?,46-,54?/m0/s1. The average molecular weight is 815 g/mol. The predicted octanol–water partition coefficient (Wildman–Crippen LogP) is 15.3. The molecular formula is C59H46N2S. The van der Waals surface area contributed by atoms with Gasteiger partial charge in [0.25, 0.3) is 0 Å². The summed E-state index contributed by atoms with van der Waals surface area (Å²) in [6.45, 7) is 2.44. The van der Waals surface area contributed by atoms with Gasteiger partial charge in [0.2, 0.25) is 0 Å². The summed E-state index contributed by atoms with van der Waals surface area (Å²) in [4.78, 5) is 4.23. The molecule has 0 spiro atoms. The lowest BCUT2D eigenvalue weighted by Gasteiger charge is -2.39. The van der Waals surface area contributed by atoms with E-state index >= 15 is 0 Å². The fourth-order valence-electron chi connectivity index (χ4n) is 11.7. The Morgan fingerprint density at radius 3 is 2.42 bits per heavy atom. The molecule has 5 atom stereocenters. The number of rotatable bonds is 5. The summed E-state index contributed by atoms with van der Waals surface area (Å²) in [5.41, 5.74) is 18.8. The zero-order chi connectivity index (χ0) is 40.9. The first-order valence-electron chi connectivity index (χ1n) is 22.4. The van der Waals surface area contributed by atoms with Gasteiger partial charge in [0, 0.05) is 72.5 Å². The van der Waals surface area contributed by atoms with Crippen molar-refractivity contribution in [3.8, 4) is 16.8 Å². The Morgan fingerprint density at radius 2 is 1.47 bits per heavy atom. The molecular weight excluding hydrogens is 769 g/mol. The van der Waals surface area contributed by atoms with Crippen LogP contribution in [0.4, 0.5) is 5.69 Å². The van der Waals surface area contributed by atoms with E-state index in [1.807, 2.05) is 11.3 Å². The molecule has 0 amide bonds. The molecule has 0 radical (unpaired) electrons. The molecule has 2 aromatic heterocycles. The zero-order valence-electron chi connectivity index (χ0n) is 34.8. The lowest BCUT2D eigenvalue weighted by atomic mass is 9.74. The van der Waals surface area contributed by atoms with Crippen molar-refractivity contribution in [1.29, 1.82) is 0 Å². The molecule has 0 saturated heterocycles. The van der Waals surface area contributed by atoms with Crippen molar-refractivity contribution in [2.45, 2.75) is 44.1 Å². The molecule has 0 N–H and O–H groups in total. The number of para-hydroxylation sites is 1. The zero-order valence-corrected chi connectivity index (χ0v) is 35.6. The number of hydrogen-bond acceptors (Lipinski definition) is 2. The van der Waals surface area contributed by atoms with Gasteiger partial charge in [0.1, 0.15) is 0 Å². The van der Waals surface area contributed by atoms with E-state index in [4.69, 9.17) is 0 Å². The summed E-state index contributed by atoms with van der Waals surface area (Å²) in [5, 5.41) is 2.71. The Bertz CT molecular complexity index is 3260. The molecule has 4 unspecified atom stereocenters. The van der Waals surface area contributed by atoms with Gasteiger partial charge in [-0.25, -0.2) is 0 Å². The van der Waals surface area contributed by atoms with Crippen molar-refractivity contribution in [3.63, 3.8) is 0 Å². The normalized spacial score (nSPS) is 22.8. The van der Waals surface area contributed by atoms with E-state index in [2.05, 4.69) is 211 Å². The topological polar surface area (TPSA) is 8.17 Å². The van der Waals surface area contributed by atoms with Crippen molar-refractivity contribution in [1.82, 2.24) is 4.57 Å². The van der Waals surface area contributed by atoms with Gasteiger partial charge in [-0.3, -0.25) is 0 Å². The van der Waals surface area contributed by atoms with Crippen LogP contribution in [0.5, 0.6) is 0 Å². The number of thiophene rings is 1. The van der Waals surface area contributed by atoms with Crippen LogP contribution in [0.1, 0.15) is 70.0 Å². The van der Waals surface area contributed by atoms with Gasteiger partial charge in [0.05, 0.1) is 11.6 Å². The van der Waals surface area contributed by atoms with Gasteiger partial charge in [-0.1, -0.05) is 159 Å². The van der Waals surface area contributed by atoms with E-state index in [-0.39, 0.29) is 29.7 Å². The van der Waals surface area contributed by atoms with Gasteiger partial charge in [0.15, 0.2) is 0 Å². The predicted molar refractivity (Wildman–Crippen MR) is 264 cm³/mol. The monoisotopic (exact) mass is 814 g/mol. The van der Waals surface area contributed by atoms with Crippen molar-refractivity contribution >= 4 is 61.3 Å². The molecule has 62 heavy (non-hydrogen) atoms. The third kappa shape index (κ3) is 5.47. The number of hydrogen-bond donors (Lipinski definition) is 0. The van der Waals surface area contributed by atoms with Crippen LogP contribution >= 0.6 is 11.3 Å². The SMILES string of the molecule is CC1c2c(c3ccccc3n2-c2cccc(-c3ccccc3)c2)C=CC1c1ccc2c(c1)C1=CC=CCC1N2C1=CC=CC2C(c3ccc4c5c(sc4c3)CCC=C5)=CC=C[C@H]12. The highest BCUT2D eigenvalue weighted by Crippen LogP contribution is 2.53. The van der Waals surface area contributed by atoms with Gasteiger partial charge in [-0.15, -0.1) is 11.3 Å². The number of aryl methyl sites for hydroxylation is 1. The second kappa shape index (κ2) is 14.2. The summed E-state index contributed by atoms with van der Waals surface area (Å²) in [6.07, 6.45) is 34.2. The Hall–Kier alpha value is -6.68. The number of allylic oxidation sites excluding steroid dienone is 11. The molecule has 3 heterocycles. The van der Waals surface area contributed by atoms with Gasteiger partial charge < -0.3 is 9.47 Å². The Labute approximate surface area is 367 Å². The van der Waals surface area contributed by atoms with Crippen LogP contribution in [0, 0.1) is 11.8 Å². The van der Waals surface area contributed by atoms with Crippen molar-refractivity contribution in [2.75, 3.05) is 4.90 Å². The number of benzene rings is 5. The maximum atomic E-state index is 2.70. The van der Waals surface area contributed by atoms with E-state index in [0.29, 0.717) is 0 Å². The maximum absolute atomic E-state index is 2.70. The van der Waals surface area contributed by atoms with Gasteiger partial charge >= 0.3 is 0 Å². The van der Waals surface area contributed by atoms with E-state index < -0.39 is 0 Å². The minimum Gasteiger partial charge on any atom is -0.336 e. The van der Waals surface area contributed by atoms with Crippen molar-refractivity contribution in [3.05, 3.63) is 226 Å². The van der Waals surface area contributed by atoms with E-state index in [1.54, 1.807) is 0 Å². The van der Waals surface area contributed by atoms with E-state index in [9.17, 15) is 0 Å². The molecule has 7 aromatic rings. The molecule has 0 saturated carbocycles. The van der Waals surface area contributed by atoms with Crippen LogP contribution in [0.3, 0.4) is 0 Å². The van der Waals surface area contributed by atoms with Crippen molar-refractivity contribution < 1.29 is 0 Å². The second-order valence-corrected chi connectivity index (χ2v) is 19.0. The molecule has 3 heteroatoms. The fourth-order valence-corrected chi connectivity index (χ4v) is 12.9. The number of aromatic nitrogens is 1. The Balaban J connectivity index is 0.853. The average Bonchev–Trinajstić information content (AvgIpc) is 3.99. The fraction of sp³-hybridized carbons (Fsp3) is 0.153. The first-order chi connectivity index (χ1) is 30.7. The third-order valence-electron chi connectivity index (χ3n) is 14.5. The number of fused-ring (bicyclic) bond motifs is 10. The largest absolute Gasteiger partial charge is 0.336 e. The van der Waals surface area contributed by atoms with E-state index in [0.717, 1.165) is 19.3 Å². The lowest BCUT2D eigenvalue weighted by molar-refractivity contribution is 0.597. The minimum atomic E-state index is 0.234. The Kier molecular flexibility index (Phi) is 8.24. The van der Waals surface area contributed by atoms with Crippen LogP contribution in [0.2, 0.25) is 0 Å². The summed E-state index contributed by atoms with van der Waals surface area (Å²) in [6, 6.07) is 43.7. The summed E-state index contributed by atoms with van der Waals surface area (Å²) in [5.74, 6) is 1.03.